The van der Waals surface area contributed by atoms with Crippen molar-refractivity contribution in [3.05, 3.63) is 58.7 Å². The SMILES string of the molecule is CCCN1CCN(CCCNC(=O)[C@H]2c3ccccc3C(=O)N3CCc4cc(OCC)c(OCC)cc4[C@H]23)CC1. The molecular formula is C32H44N4O4. The van der Waals surface area contributed by atoms with Crippen LogP contribution >= 0.6 is 0 Å². The van der Waals surface area contributed by atoms with Crippen molar-refractivity contribution in [2.75, 3.05) is 65.6 Å². The van der Waals surface area contributed by atoms with Crippen molar-refractivity contribution in [1.82, 2.24) is 20.0 Å². The highest BCUT2D eigenvalue weighted by Crippen LogP contribution is 2.48. The van der Waals surface area contributed by atoms with Gasteiger partial charge in [-0.15, -0.1) is 0 Å². The van der Waals surface area contributed by atoms with Crippen molar-refractivity contribution in [2.45, 2.75) is 52.0 Å². The van der Waals surface area contributed by atoms with Crippen molar-refractivity contribution in [1.29, 1.82) is 0 Å². The lowest BCUT2D eigenvalue weighted by atomic mass is 9.75. The van der Waals surface area contributed by atoms with Gasteiger partial charge in [-0.3, -0.25) is 9.59 Å². The molecule has 3 heterocycles. The summed E-state index contributed by atoms with van der Waals surface area (Å²) in [6, 6.07) is 11.3. The van der Waals surface area contributed by atoms with Crippen LogP contribution in [-0.2, 0) is 11.2 Å². The van der Waals surface area contributed by atoms with E-state index in [0.29, 0.717) is 44.0 Å². The lowest BCUT2D eigenvalue weighted by Crippen LogP contribution is -2.50. The number of nitrogens with zero attached hydrogens (tertiary/aromatic N) is 3. The van der Waals surface area contributed by atoms with E-state index in [2.05, 4.69) is 22.0 Å². The lowest BCUT2D eigenvalue weighted by molar-refractivity contribution is -0.124. The summed E-state index contributed by atoms with van der Waals surface area (Å²) in [4.78, 5) is 34.5. The maximum absolute atomic E-state index is 14.0. The summed E-state index contributed by atoms with van der Waals surface area (Å²) in [5, 5.41) is 3.24. The smallest absolute Gasteiger partial charge is 0.254 e. The third kappa shape index (κ3) is 5.84. The predicted octanol–water partition coefficient (Wildman–Crippen LogP) is 3.85. The molecule has 2 aromatic rings. The molecule has 0 unspecified atom stereocenters. The zero-order valence-corrected chi connectivity index (χ0v) is 24.3. The zero-order valence-electron chi connectivity index (χ0n) is 24.3. The van der Waals surface area contributed by atoms with Crippen LogP contribution in [0.4, 0.5) is 0 Å². The minimum Gasteiger partial charge on any atom is -0.490 e. The first-order valence-corrected chi connectivity index (χ1v) is 15.1. The van der Waals surface area contributed by atoms with Gasteiger partial charge < -0.3 is 29.5 Å². The quantitative estimate of drug-likeness (QED) is 0.430. The fraction of sp³-hybridized carbons (Fsp3) is 0.562. The molecule has 0 aliphatic carbocycles. The van der Waals surface area contributed by atoms with Crippen LogP contribution in [0.25, 0.3) is 0 Å². The highest BCUT2D eigenvalue weighted by atomic mass is 16.5. The third-order valence-corrected chi connectivity index (χ3v) is 8.42. The van der Waals surface area contributed by atoms with Crippen LogP contribution in [0.3, 0.4) is 0 Å². The average Bonchev–Trinajstić information content (AvgIpc) is 2.97. The van der Waals surface area contributed by atoms with Gasteiger partial charge in [0.15, 0.2) is 11.5 Å². The fourth-order valence-electron chi connectivity index (χ4n) is 6.53. The summed E-state index contributed by atoms with van der Waals surface area (Å²) in [6.07, 6.45) is 2.82. The van der Waals surface area contributed by atoms with Crippen LogP contribution in [0, 0.1) is 0 Å². The molecule has 2 amide bonds. The number of carbonyl (C=O) groups excluding carboxylic acids is 2. The molecular weight excluding hydrogens is 504 g/mol. The van der Waals surface area contributed by atoms with Crippen LogP contribution in [-0.4, -0.2) is 92.1 Å². The molecule has 0 bridgehead atoms. The Bertz CT molecular complexity index is 1190. The minimum absolute atomic E-state index is 0.00985. The predicted molar refractivity (Wildman–Crippen MR) is 156 cm³/mol. The molecule has 2 atom stereocenters. The number of hydrogen-bond donors (Lipinski definition) is 1. The number of nitrogens with one attached hydrogen (secondary N) is 1. The van der Waals surface area contributed by atoms with Crippen molar-refractivity contribution in [3.63, 3.8) is 0 Å². The molecule has 8 heteroatoms. The summed E-state index contributed by atoms with van der Waals surface area (Å²) in [6.45, 7) is 15.0. The summed E-state index contributed by atoms with van der Waals surface area (Å²) >= 11 is 0. The third-order valence-electron chi connectivity index (χ3n) is 8.42. The molecule has 1 saturated heterocycles. The van der Waals surface area contributed by atoms with Gasteiger partial charge in [-0.2, -0.15) is 0 Å². The van der Waals surface area contributed by atoms with Gasteiger partial charge >= 0.3 is 0 Å². The molecule has 2 aromatic carbocycles. The first-order valence-electron chi connectivity index (χ1n) is 15.1. The molecule has 0 aromatic heterocycles. The van der Waals surface area contributed by atoms with E-state index in [-0.39, 0.29) is 17.9 Å². The topological polar surface area (TPSA) is 74.4 Å². The van der Waals surface area contributed by atoms with E-state index in [1.54, 1.807) is 0 Å². The molecule has 0 saturated carbocycles. The molecule has 1 N–H and O–H groups in total. The van der Waals surface area contributed by atoms with Crippen molar-refractivity contribution in [3.8, 4) is 11.5 Å². The molecule has 40 heavy (non-hydrogen) atoms. The van der Waals surface area contributed by atoms with E-state index in [9.17, 15) is 9.59 Å². The van der Waals surface area contributed by atoms with Gasteiger partial charge in [0.2, 0.25) is 5.91 Å². The van der Waals surface area contributed by atoms with E-state index < -0.39 is 5.92 Å². The maximum atomic E-state index is 14.0. The number of benzene rings is 2. The summed E-state index contributed by atoms with van der Waals surface area (Å²) in [7, 11) is 0. The molecule has 3 aliphatic rings. The second-order valence-corrected chi connectivity index (χ2v) is 10.9. The Morgan fingerprint density at radius 3 is 2.27 bits per heavy atom. The number of carbonyl (C=O) groups is 2. The van der Waals surface area contributed by atoms with Gasteiger partial charge in [-0.1, -0.05) is 25.1 Å². The molecule has 5 rings (SSSR count). The van der Waals surface area contributed by atoms with E-state index in [4.69, 9.17) is 9.47 Å². The largest absolute Gasteiger partial charge is 0.490 e. The van der Waals surface area contributed by atoms with E-state index in [1.807, 2.05) is 55.1 Å². The van der Waals surface area contributed by atoms with Gasteiger partial charge in [0.1, 0.15) is 0 Å². The van der Waals surface area contributed by atoms with E-state index in [0.717, 1.165) is 61.6 Å². The van der Waals surface area contributed by atoms with Crippen LogP contribution in [0.5, 0.6) is 11.5 Å². The number of hydrogen-bond acceptors (Lipinski definition) is 6. The fourth-order valence-corrected chi connectivity index (χ4v) is 6.53. The van der Waals surface area contributed by atoms with Gasteiger partial charge in [0.05, 0.1) is 25.2 Å². The lowest BCUT2D eigenvalue weighted by Gasteiger charge is -2.45. The number of piperazine rings is 1. The zero-order chi connectivity index (χ0) is 28.1. The van der Waals surface area contributed by atoms with Crippen molar-refractivity contribution < 1.29 is 19.1 Å². The maximum Gasteiger partial charge on any atom is 0.254 e. The monoisotopic (exact) mass is 548 g/mol. The van der Waals surface area contributed by atoms with Gasteiger partial charge in [0.25, 0.3) is 5.91 Å². The minimum atomic E-state index is -0.488. The molecule has 0 radical (unpaired) electrons. The Morgan fingerprint density at radius 2 is 1.57 bits per heavy atom. The Hall–Kier alpha value is -3.10. The first-order chi connectivity index (χ1) is 19.5. The van der Waals surface area contributed by atoms with Crippen LogP contribution in [0.1, 0.15) is 72.6 Å². The highest BCUT2D eigenvalue weighted by molar-refractivity contribution is 6.01. The Labute approximate surface area is 238 Å². The van der Waals surface area contributed by atoms with Crippen molar-refractivity contribution in [2.24, 2.45) is 0 Å². The molecule has 1 fully saturated rings. The van der Waals surface area contributed by atoms with Gasteiger partial charge in [-0.25, -0.2) is 0 Å². The van der Waals surface area contributed by atoms with E-state index >= 15 is 0 Å². The average molecular weight is 549 g/mol. The number of amides is 2. The first kappa shape index (κ1) is 28.4. The normalized spacial score (nSPS) is 20.9. The number of fused-ring (bicyclic) bond motifs is 4. The number of rotatable bonds is 11. The highest BCUT2D eigenvalue weighted by Gasteiger charge is 2.46. The Balaban J connectivity index is 1.35. The van der Waals surface area contributed by atoms with E-state index in [1.165, 1.54) is 13.0 Å². The molecule has 8 nitrogen and oxygen atoms in total. The summed E-state index contributed by atoms with van der Waals surface area (Å²) < 4.78 is 11.8. The summed E-state index contributed by atoms with van der Waals surface area (Å²) in [5.41, 5.74) is 3.52. The second-order valence-electron chi connectivity index (χ2n) is 10.9. The van der Waals surface area contributed by atoms with Gasteiger partial charge in [0, 0.05) is 44.8 Å². The van der Waals surface area contributed by atoms with Crippen LogP contribution in [0.2, 0.25) is 0 Å². The molecule has 0 spiro atoms. The molecule has 216 valence electrons. The Kier molecular flexibility index (Phi) is 9.27. The number of ether oxygens (including phenoxy) is 2. The standard InChI is InChI=1S/C32H44N4O4/c1-4-14-34-17-19-35(20-18-34)15-9-13-33-31(37)29-24-10-7-8-11-25(24)32(38)36-16-12-23-21-27(39-5-2)28(40-6-3)22-26(23)30(29)36/h7-8,10-11,21-22,29-30H,4-6,9,12-20H2,1-3H3,(H,33,37)/t29-,30+/m0/s1. The van der Waals surface area contributed by atoms with Crippen LogP contribution in [0.15, 0.2) is 36.4 Å². The molecule has 3 aliphatic heterocycles. The Morgan fingerprint density at radius 1 is 0.900 bits per heavy atom. The second kappa shape index (κ2) is 13.0. The van der Waals surface area contributed by atoms with Crippen molar-refractivity contribution >= 4 is 11.8 Å². The summed E-state index contributed by atoms with van der Waals surface area (Å²) in [5.74, 6) is 0.856. The van der Waals surface area contributed by atoms with Gasteiger partial charge in [-0.05, 0) is 81.1 Å². The van der Waals surface area contributed by atoms with Crippen LogP contribution < -0.4 is 14.8 Å².